The molecule has 20 heavy (non-hydrogen) atoms. The van der Waals surface area contributed by atoms with E-state index < -0.39 is 0 Å². The molecule has 6 nitrogen and oxygen atoms in total. The molecule has 0 saturated heterocycles. The summed E-state index contributed by atoms with van der Waals surface area (Å²) in [7, 11) is 3.44. The second-order valence-electron chi connectivity index (χ2n) is 4.42. The normalized spacial score (nSPS) is 10.8. The molecule has 2 aromatic rings. The average molecular weight is 361 g/mol. The molecule has 0 aliphatic heterocycles. The fourth-order valence-electron chi connectivity index (χ4n) is 1.90. The number of aromatic nitrogens is 4. The maximum atomic E-state index is 12.3. The third-order valence-corrected chi connectivity index (χ3v) is 3.86. The number of halogens is 2. The molecule has 2 aromatic heterocycles. The van der Waals surface area contributed by atoms with E-state index >= 15 is 0 Å². The van der Waals surface area contributed by atoms with Crippen LogP contribution < -0.4 is 0 Å². The molecule has 0 saturated carbocycles. The van der Waals surface area contributed by atoms with Gasteiger partial charge in [-0.3, -0.25) is 14.2 Å². The number of amides is 1. The molecule has 0 unspecified atom stereocenters. The Hall–Kier alpha value is -1.34. The number of carbonyl (C=O) groups excluding carboxylic acids is 1. The molecule has 0 bridgehead atoms. The van der Waals surface area contributed by atoms with Crippen LogP contribution in [0.5, 0.6) is 0 Å². The SMILES string of the molecule is CCn1ncc(Br)c1CN(C)C(=O)c1nn(C)cc1Cl. The van der Waals surface area contributed by atoms with E-state index in [9.17, 15) is 4.79 Å². The summed E-state index contributed by atoms with van der Waals surface area (Å²) in [4.78, 5) is 13.9. The Balaban J connectivity index is 2.19. The third-order valence-electron chi connectivity index (χ3n) is 2.92. The summed E-state index contributed by atoms with van der Waals surface area (Å²) < 4.78 is 4.25. The summed E-state index contributed by atoms with van der Waals surface area (Å²) in [6, 6.07) is 0. The highest BCUT2D eigenvalue weighted by Crippen LogP contribution is 2.20. The first-order valence-electron chi connectivity index (χ1n) is 6.08. The molecule has 1 amide bonds. The second kappa shape index (κ2) is 5.97. The Labute approximate surface area is 130 Å². The van der Waals surface area contributed by atoms with E-state index in [0.29, 0.717) is 11.6 Å². The molecule has 8 heteroatoms. The van der Waals surface area contributed by atoms with Crippen LogP contribution in [0.4, 0.5) is 0 Å². The molecule has 0 spiro atoms. The number of hydrogen-bond acceptors (Lipinski definition) is 3. The van der Waals surface area contributed by atoms with Gasteiger partial charge in [0, 0.05) is 26.8 Å². The van der Waals surface area contributed by atoms with Crippen LogP contribution in [0, 0.1) is 0 Å². The van der Waals surface area contributed by atoms with E-state index in [1.807, 2.05) is 11.6 Å². The van der Waals surface area contributed by atoms with Crippen molar-refractivity contribution in [3.05, 3.63) is 33.3 Å². The number of aryl methyl sites for hydroxylation is 2. The lowest BCUT2D eigenvalue weighted by molar-refractivity contribution is 0.0775. The van der Waals surface area contributed by atoms with Gasteiger partial charge in [-0.15, -0.1) is 0 Å². The zero-order chi connectivity index (χ0) is 14.9. The van der Waals surface area contributed by atoms with E-state index in [2.05, 4.69) is 26.1 Å². The standard InChI is InChI=1S/C12H15BrClN5O/c1-4-19-10(8(13)5-15-19)7-17(2)12(20)11-9(14)6-18(3)16-11/h5-6H,4,7H2,1-3H3. The van der Waals surface area contributed by atoms with Crippen LogP contribution in [0.3, 0.4) is 0 Å². The van der Waals surface area contributed by atoms with Crippen molar-refractivity contribution in [3.8, 4) is 0 Å². The van der Waals surface area contributed by atoms with Gasteiger partial charge in [0.05, 0.1) is 27.9 Å². The molecule has 0 aliphatic rings. The van der Waals surface area contributed by atoms with E-state index in [1.165, 1.54) is 4.68 Å². The molecule has 0 aromatic carbocycles. The van der Waals surface area contributed by atoms with Crippen molar-refractivity contribution >= 4 is 33.4 Å². The Morgan fingerprint density at radius 2 is 2.25 bits per heavy atom. The van der Waals surface area contributed by atoms with Crippen molar-refractivity contribution in [1.29, 1.82) is 0 Å². The topological polar surface area (TPSA) is 56.0 Å². The molecule has 108 valence electrons. The Morgan fingerprint density at radius 3 is 2.80 bits per heavy atom. The Bertz CT molecular complexity index is 636. The van der Waals surface area contributed by atoms with Crippen molar-refractivity contribution in [1.82, 2.24) is 24.5 Å². The van der Waals surface area contributed by atoms with Crippen molar-refractivity contribution in [2.24, 2.45) is 7.05 Å². The highest BCUT2D eigenvalue weighted by Gasteiger charge is 2.21. The number of nitrogens with zero attached hydrogens (tertiary/aromatic N) is 5. The van der Waals surface area contributed by atoms with Crippen LogP contribution in [0.15, 0.2) is 16.9 Å². The average Bonchev–Trinajstić information content (AvgIpc) is 2.92. The number of hydrogen-bond donors (Lipinski definition) is 0. The van der Waals surface area contributed by atoms with Gasteiger partial charge >= 0.3 is 0 Å². The van der Waals surface area contributed by atoms with Crippen LogP contribution in [0.2, 0.25) is 5.02 Å². The molecular weight excluding hydrogens is 346 g/mol. The summed E-state index contributed by atoms with van der Waals surface area (Å²) >= 11 is 9.44. The van der Waals surface area contributed by atoms with E-state index in [-0.39, 0.29) is 11.6 Å². The van der Waals surface area contributed by atoms with Gasteiger partial charge in [0.15, 0.2) is 5.69 Å². The first-order valence-corrected chi connectivity index (χ1v) is 7.26. The van der Waals surface area contributed by atoms with Gasteiger partial charge in [-0.1, -0.05) is 11.6 Å². The monoisotopic (exact) mass is 359 g/mol. The molecular formula is C12H15BrClN5O. The highest BCUT2D eigenvalue weighted by atomic mass is 79.9. The van der Waals surface area contributed by atoms with Gasteiger partial charge < -0.3 is 4.90 Å². The van der Waals surface area contributed by atoms with Crippen LogP contribution in [0.25, 0.3) is 0 Å². The minimum Gasteiger partial charge on any atom is -0.334 e. The molecule has 2 heterocycles. The summed E-state index contributed by atoms with van der Waals surface area (Å²) in [5, 5.41) is 8.67. The molecule has 0 fully saturated rings. The van der Waals surface area contributed by atoms with Gasteiger partial charge in [0.1, 0.15) is 0 Å². The molecule has 0 radical (unpaired) electrons. The van der Waals surface area contributed by atoms with Crippen molar-refractivity contribution in [2.75, 3.05) is 7.05 Å². The molecule has 2 rings (SSSR count). The molecule has 0 atom stereocenters. The Kier molecular flexibility index (Phi) is 4.49. The fourth-order valence-corrected chi connectivity index (χ4v) is 2.58. The zero-order valence-electron chi connectivity index (χ0n) is 11.5. The molecule has 0 N–H and O–H groups in total. The van der Waals surface area contributed by atoms with Gasteiger partial charge in [-0.05, 0) is 22.9 Å². The van der Waals surface area contributed by atoms with Gasteiger partial charge in [0.25, 0.3) is 5.91 Å². The van der Waals surface area contributed by atoms with Gasteiger partial charge in [-0.25, -0.2) is 0 Å². The van der Waals surface area contributed by atoms with Gasteiger partial charge in [0.2, 0.25) is 0 Å². The molecule has 0 aliphatic carbocycles. The largest absolute Gasteiger partial charge is 0.334 e. The number of carbonyl (C=O) groups is 1. The lowest BCUT2D eigenvalue weighted by atomic mass is 10.3. The summed E-state index contributed by atoms with van der Waals surface area (Å²) in [5.74, 6) is -0.216. The predicted molar refractivity (Wildman–Crippen MR) is 79.6 cm³/mol. The van der Waals surface area contributed by atoms with E-state index in [1.54, 1.807) is 31.4 Å². The second-order valence-corrected chi connectivity index (χ2v) is 5.68. The first kappa shape index (κ1) is 15.1. The van der Waals surface area contributed by atoms with E-state index in [4.69, 9.17) is 11.6 Å². The maximum Gasteiger partial charge on any atom is 0.276 e. The van der Waals surface area contributed by atoms with Crippen LogP contribution >= 0.6 is 27.5 Å². The van der Waals surface area contributed by atoms with Crippen LogP contribution in [0.1, 0.15) is 23.1 Å². The predicted octanol–water partition coefficient (Wildman–Crippen LogP) is 2.32. The zero-order valence-corrected chi connectivity index (χ0v) is 13.8. The third kappa shape index (κ3) is 2.88. The lowest BCUT2D eigenvalue weighted by Gasteiger charge is -2.17. The maximum absolute atomic E-state index is 12.3. The minimum atomic E-state index is -0.216. The summed E-state index contributed by atoms with van der Waals surface area (Å²) in [6.45, 7) is 3.17. The van der Waals surface area contributed by atoms with Crippen LogP contribution in [-0.2, 0) is 20.1 Å². The van der Waals surface area contributed by atoms with Crippen molar-refractivity contribution in [3.63, 3.8) is 0 Å². The fraction of sp³-hybridized carbons (Fsp3) is 0.417. The minimum absolute atomic E-state index is 0.216. The Morgan fingerprint density at radius 1 is 1.55 bits per heavy atom. The van der Waals surface area contributed by atoms with Gasteiger partial charge in [-0.2, -0.15) is 10.2 Å². The quantitative estimate of drug-likeness (QED) is 0.841. The van der Waals surface area contributed by atoms with Crippen molar-refractivity contribution < 1.29 is 4.79 Å². The lowest BCUT2D eigenvalue weighted by Crippen LogP contribution is -2.28. The van der Waals surface area contributed by atoms with E-state index in [0.717, 1.165) is 16.7 Å². The summed E-state index contributed by atoms with van der Waals surface area (Å²) in [5.41, 5.74) is 1.20. The number of rotatable bonds is 4. The van der Waals surface area contributed by atoms with Crippen LogP contribution in [-0.4, -0.2) is 37.4 Å². The smallest absolute Gasteiger partial charge is 0.276 e. The highest BCUT2D eigenvalue weighted by molar-refractivity contribution is 9.10. The summed E-state index contributed by atoms with van der Waals surface area (Å²) in [6.07, 6.45) is 3.33. The van der Waals surface area contributed by atoms with Crippen molar-refractivity contribution in [2.45, 2.75) is 20.0 Å². The first-order chi connectivity index (χ1) is 9.43.